The van der Waals surface area contributed by atoms with Crippen molar-refractivity contribution in [3.8, 4) is 0 Å². The molecule has 2 rings (SSSR count). The van der Waals surface area contributed by atoms with Crippen LogP contribution in [0.3, 0.4) is 0 Å². The molecule has 128 valence electrons. The van der Waals surface area contributed by atoms with Crippen LogP contribution in [0.1, 0.15) is 0 Å². The lowest BCUT2D eigenvalue weighted by atomic mass is 10.4. The van der Waals surface area contributed by atoms with Gasteiger partial charge in [-0.1, -0.05) is 18.2 Å². The standard InChI is InChI=1S/C11H8N2O4S.C2HF3O/c14-13(15)10-7-4-8-12-11(10)18(16,17)9-5-2-1-3-6-9;3-2(4,5)1-6/h1-8H;1H. The molecule has 0 spiro atoms. The smallest absolute Gasteiger partial charge is 0.293 e. The maximum Gasteiger partial charge on any atom is 0.446 e. The number of pyridine rings is 1. The minimum atomic E-state index is -4.64. The summed E-state index contributed by atoms with van der Waals surface area (Å²) >= 11 is 0. The summed E-state index contributed by atoms with van der Waals surface area (Å²) in [5, 5.41) is 10.3. The highest BCUT2D eigenvalue weighted by Gasteiger charge is 2.28. The van der Waals surface area contributed by atoms with E-state index in [0.29, 0.717) is 0 Å². The molecule has 0 saturated heterocycles. The second kappa shape index (κ2) is 7.64. The normalized spacial score (nSPS) is 11.1. The summed E-state index contributed by atoms with van der Waals surface area (Å²) in [4.78, 5) is 22.3. The molecule has 24 heavy (non-hydrogen) atoms. The van der Waals surface area contributed by atoms with Crippen molar-refractivity contribution in [3.63, 3.8) is 0 Å². The van der Waals surface area contributed by atoms with E-state index in [0.717, 1.165) is 6.07 Å². The average molecular weight is 362 g/mol. The highest BCUT2D eigenvalue weighted by Crippen LogP contribution is 2.26. The minimum Gasteiger partial charge on any atom is -0.293 e. The fourth-order valence-corrected chi connectivity index (χ4v) is 2.80. The number of nitrogens with zero attached hydrogens (tertiary/aromatic N) is 2. The minimum absolute atomic E-state index is 0.0215. The maximum absolute atomic E-state index is 12.2. The van der Waals surface area contributed by atoms with Gasteiger partial charge in [0.2, 0.25) is 21.1 Å². The largest absolute Gasteiger partial charge is 0.446 e. The second-order valence-electron chi connectivity index (χ2n) is 4.06. The van der Waals surface area contributed by atoms with Crippen LogP contribution in [0.5, 0.6) is 0 Å². The van der Waals surface area contributed by atoms with E-state index in [1.54, 1.807) is 18.2 Å². The summed E-state index contributed by atoms with van der Waals surface area (Å²) in [5.41, 5.74) is -0.527. The number of sulfone groups is 1. The van der Waals surface area contributed by atoms with Gasteiger partial charge < -0.3 is 0 Å². The van der Waals surface area contributed by atoms with Crippen molar-refractivity contribution >= 4 is 21.8 Å². The number of benzene rings is 1. The van der Waals surface area contributed by atoms with Crippen LogP contribution in [-0.2, 0) is 14.6 Å². The van der Waals surface area contributed by atoms with Gasteiger partial charge in [0.05, 0.1) is 9.82 Å². The van der Waals surface area contributed by atoms with Crippen LogP contribution in [0.25, 0.3) is 0 Å². The predicted octanol–water partition coefficient (Wildman–Crippen LogP) is 2.57. The summed E-state index contributed by atoms with van der Waals surface area (Å²) in [6.07, 6.45) is -4.49. The van der Waals surface area contributed by atoms with Crippen molar-refractivity contribution in [3.05, 3.63) is 58.8 Å². The zero-order valence-electron chi connectivity index (χ0n) is 11.7. The number of carbonyl (C=O) groups excluding carboxylic acids is 1. The first kappa shape index (κ1) is 19.2. The molecule has 0 saturated carbocycles. The number of hydrogen-bond donors (Lipinski definition) is 0. The van der Waals surface area contributed by atoms with Crippen molar-refractivity contribution in [1.82, 2.24) is 4.98 Å². The first-order valence-electron chi connectivity index (χ1n) is 6.02. The molecular weight excluding hydrogens is 353 g/mol. The lowest BCUT2D eigenvalue weighted by Crippen LogP contribution is -2.07. The second-order valence-corrected chi connectivity index (χ2v) is 5.93. The highest BCUT2D eigenvalue weighted by molar-refractivity contribution is 7.91. The highest BCUT2D eigenvalue weighted by atomic mass is 32.2. The third kappa shape index (κ3) is 5.12. The molecule has 0 aliphatic heterocycles. The fraction of sp³-hybridized carbons (Fsp3) is 0.0769. The Hall–Kier alpha value is -2.82. The molecule has 1 heterocycles. The molecule has 0 radical (unpaired) electrons. The van der Waals surface area contributed by atoms with Crippen LogP contribution in [0.2, 0.25) is 0 Å². The molecule has 0 amide bonds. The Labute approximate surface area is 133 Å². The third-order valence-electron chi connectivity index (χ3n) is 2.39. The van der Waals surface area contributed by atoms with Gasteiger partial charge in [0.25, 0.3) is 0 Å². The molecule has 0 unspecified atom stereocenters. The van der Waals surface area contributed by atoms with Crippen molar-refractivity contribution in [2.45, 2.75) is 16.1 Å². The number of aromatic nitrogens is 1. The van der Waals surface area contributed by atoms with E-state index in [9.17, 15) is 31.7 Å². The van der Waals surface area contributed by atoms with Gasteiger partial charge in [0, 0.05) is 12.3 Å². The quantitative estimate of drug-likeness (QED) is 0.472. The predicted molar refractivity (Wildman–Crippen MR) is 74.9 cm³/mol. The number of hydrogen-bond acceptors (Lipinski definition) is 6. The Kier molecular flexibility index (Phi) is 6.12. The fourth-order valence-electron chi connectivity index (χ4n) is 1.44. The van der Waals surface area contributed by atoms with E-state index in [4.69, 9.17) is 4.79 Å². The molecular formula is C13H9F3N2O5S. The Morgan fingerprint density at radius 3 is 2.08 bits per heavy atom. The summed E-state index contributed by atoms with van der Waals surface area (Å²) < 4.78 is 55.6. The summed E-state index contributed by atoms with van der Waals surface area (Å²) in [6.45, 7) is 0. The van der Waals surface area contributed by atoms with Crippen molar-refractivity contribution < 1.29 is 31.3 Å². The summed E-state index contributed by atoms with van der Waals surface area (Å²) in [7, 11) is -3.97. The zero-order valence-corrected chi connectivity index (χ0v) is 12.5. The molecule has 0 aliphatic carbocycles. The Bertz CT molecular complexity index is 823. The van der Waals surface area contributed by atoms with E-state index in [1.165, 1.54) is 24.4 Å². The molecule has 0 atom stereocenters. The first-order valence-corrected chi connectivity index (χ1v) is 7.50. The van der Waals surface area contributed by atoms with Crippen molar-refractivity contribution in [2.24, 2.45) is 0 Å². The van der Waals surface area contributed by atoms with Crippen LogP contribution in [0, 0.1) is 10.1 Å². The Morgan fingerprint density at radius 1 is 1.08 bits per heavy atom. The molecule has 0 aliphatic rings. The number of alkyl halides is 3. The average Bonchev–Trinajstić information content (AvgIpc) is 2.55. The van der Waals surface area contributed by atoms with E-state index in [2.05, 4.69) is 4.98 Å². The molecule has 0 fully saturated rings. The van der Waals surface area contributed by atoms with Gasteiger partial charge in [-0.05, 0) is 18.2 Å². The van der Waals surface area contributed by atoms with Gasteiger partial charge >= 0.3 is 11.9 Å². The van der Waals surface area contributed by atoms with Gasteiger partial charge in [-0.2, -0.15) is 13.2 Å². The maximum atomic E-state index is 12.2. The number of aldehydes is 1. The number of carbonyl (C=O) groups is 1. The summed E-state index contributed by atoms with van der Waals surface area (Å²) in [5.74, 6) is 0. The SMILES string of the molecule is O=CC(F)(F)F.O=[N+]([O-])c1cccnc1S(=O)(=O)c1ccccc1. The van der Waals surface area contributed by atoms with Crippen LogP contribution in [0.4, 0.5) is 18.9 Å². The third-order valence-corrected chi connectivity index (χ3v) is 4.11. The van der Waals surface area contributed by atoms with Gasteiger partial charge in [0.1, 0.15) is 0 Å². The molecule has 11 heteroatoms. The number of rotatable bonds is 3. The van der Waals surface area contributed by atoms with E-state index >= 15 is 0 Å². The summed E-state index contributed by atoms with van der Waals surface area (Å²) in [6, 6.07) is 9.92. The van der Waals surface area contributed by atoms with E-state index in [1.807, 2.05) is 0 Å². The van der Waals surface area contributed by atoms with Gasteiger partial charge in [0.15, 0.2) is 0 Å². The van der Waals surface area contributed by atoms with Crippen molar-refractivity contribution in [1.29, 1.82) is 0 Å². The number of nitro groups is 1. The Balaban J connectivity index is 0.000000413. The molecule has 7 nitrogen and oxygen atoms in total. The lowest BCUT2D eigenvalue weighted by molar-refractivity contribution is -0.388. The monoisotopic (exact) mass is 362 g/mol. The molecule has 1 aromatic heterocycles. The van der Waals surface area contributed by atoms with Gasteiger partial charge in [-0.25, -0.2) is 13.4 Å². The van der Waals surface area contributed by atoms with E-state index in [-0.39, 0.29) is 4.90 Å². The van der Waals surface area contributed by atoms with Gasteiger partial charge in [-0.3, -0.25) is 14.9 Å². The topological polar surface area (TPSA) is 107 Å². The molecule has 2 aromatic rings. The van der Waals surface area contributed by atoms with Crippen LogP contribution in [-0.4, -0.2) is 30.8 Å². The molecule has 0 bridgehead atoms. The number of halogens is 3. The van der Waals surface area contributed by atoms with E-state index < -0.39 is 37.9 Å². The lowest BCUT2D eigenvalue weighted by Gasteiger charge is -2.03. The van der Waals surface area contributed by atoms with Crippen LogP contribution >= 0.6 is 0 Å². The molecule has 0 N–H and O–H groups in total. The Morgan fingerprint density at radius 2 is 1.62 bits per heavy atom. The van der Waals surface area contributed by atoms with Crippen LogP contribution in [0.15, 0.2) is 58.6 Å². The zero-order chi connectivity index (χ0) is 18.4. The molecule has 1 aromatic carbocycles. The van der Waals surface area contributed by atoms with Crippen molar-refractivity contribution in [2.75, 3.05) is 0 Å². The van der Waals surface area contributed by atoms with Gasteiger partial charge in [-0.15, -0.1) is 0 Å². The van der Waals surface area contributed by atoms with Crippen LogP contribution < -0.4 is 0 Å². The first-order chi connectivity index (χ1) is 11.1.